The van der Waals surface area contributed by atoms with E-state index in [-0.39, 0.29) is 24.1 Å². The fourth-order valence-electron chi connectivity index (χ4n) is 2.76. The van der Waals surface area contributed by atoms with Gasteiger partial charge in [0.15, 0.2) is 0 Å². The molecule has 11 heteroatoms. The van der Waals surface area contributed by atoms with E-state index in [2.05, 4.69) is 15.9 Å². The molecule has 0 bridgehead atoms. The van der Waals surface area contributed by atoms with Gasteiger partial charge in [-0.15, -0.1) is 0 Å². The monoisotopic (exact) mass is 486 g/mol. The number of rotatable bonds is 2. The molecule has 1 aromatic carbocycles. The minimum atomic E-state index is -4.67. The highest BCUT2D eigenvalue weighted by atomic mass is 79.9. The number of ether oxygens (including phenoxy) is 1. The van der Waals surface area contributed by atoms with Gasteiger partial charge in [0.25, 0.3) is 0 Å². The lowest BCUT2D eigenvalue weighted by Crippen LogP contribution is -2.56. The van der Waals surface area contributed by atoms with Crippen LogP contribution in [0.15, 0.2) is 27.6 Å². The van der Waals surface area contributed by atoms with E-state index in [0.29, 0.717) is 6.07 Å². The summed E-state index contributed by atoms with van der Waals surface area (Å²) in [5, 5.41) is 0. The first-order valence-corrected chi connectivity index (χ1v) is 10.7. The van der Waals surface area contributed by atoms with Gasteiger partial charge >= 0.3 is 12.3 Å². The summed E-state index contributed by atoms with van der Waals surface area (Å²) >= 11 is 2.94. The molecular weight excluding hydrogens is 465 g/mol. The molecule has 6 nitrogen and oxygen atoms in total. The maximum absolute atomic E-state index is 13.0. The lowest BCUT2D eigenvalue weighted by Gasteiger charge is -2.39. The highest BCUT2D eigenvalue weighted by molar-refractivity contribution is 9.10. The van der Waals surface area contributed by atoms with E-state index in [1.807, 2.05) is 0 Å². The molecule has 1 aliphatic rings. The van der Waals surface area contributed by atoms with Crippen molar-refractivity contribution in [3.05, 3.63) is 28.2 Å². The van der Waals surface area contributed by atoms with Crippen molar-refractivity contribution in [2.24, 2.45) is 0 Å². The van der Waals surface area contributed by atoms with E-state index >= 15 is 0 Å². The number of sulfonamides is 1. The highest BCUT2D eigenvalue weighted by Gasteiger charge is 2.38. The van der Waals surface area contributed by atoms with Gasteiger partial charge in [0.05, 0.1) is 10.5 Å². The van der Waals surface area contributed by atoms with Gasteiger partial charge in [-0.3, -0.25) is 0 Å². The van der Waals surface area contributed by atoms with Crippen molar-refractivity contribution in [2.45, 2.75) is 50.4 Å². The molecule has 1 amide bonds. The second kappa shape index (κ2) is 7.83. The number of carbonyl (C=O) groups excluding carboxylic acids is 1. The largest absolute Gasteiger partial charge is 0.444 e. The third kappa shape index (κ3) is 5.38. The number of hydrogen-bond acceptors (Lipinski definition) is 4. The third-order valence-electron chi connectivity index (χ3n) is 4.05. The maximum atomic E-state index is 13.0. The molecule has 0 saturated carbocycles. The van der Waals surface area contributed by atoms with Gasteiger partial charge in [-0.1, -0.05) is 15.9 Å². The van der Waals surface area contributed by atoms with Gasteiger partial charge in [0.1, 0.15) is 5.60 Å². The van der Waals surface area contributed by atoms with Gasteiger partial charge in [-0.2, -0.15) is 17.5 Å². The lowest BCUT2D eigenvalue weighted by atomic mass is 10.2. The van der Waals surface area contributed by atoms with Gasteiger partial charge in [0.2, 0.25) is 10.0 Å². The summed E-state index contributed by atoms with van der Waals surface area (Å²) in [5.41, 5.74) is -1.74. The molecule has 0 radical (unpaired) electrons. The fraction of sp³-hybridized carbons (Fsp3) is 0.588. The average molecular weight is 487 g/mol. The molecule has 1 heterocycles. The molecule has 0 spiro atoms. The summed E-state index contributed by atoms with van der Waals surface area (Å²) in [5.74, 6) is 0. The number of alkyl halides is 3. The quantitative estimate of drug-likeness (QED) is 0.631. The Hall–Kier alpha value is -1.33. The van der Waals surface area contributed by atoms with Crippen LogP contribution in [0.4, 0.5) is 18.0 Å². The summed E-state index contributed by atoms with van der Waals surface area (Å²) in [6.07, 6.45) is -5.23. The third-order valence-corrected chi connectivity index (χ3v) is 6.36. The van der Waals surface area contributed by atoms with Crippen LogP contribution in [0.25, 0.3) is 0 Å². The standard InChI is InChI=1S/C17H22BrF3N2O4S/c1-11-10-22(5-6-23(11)15(24)27-16(2,3)4)28(25,26)14-8-12(17(19,20)21)7-13(18)9-14/h7-9,11H,5-6,10H2,1-4H3. The van der Waals surface area contributed by atoms with Gasteiger partial charge < -0.3 is 9.64 Å². The molecular formula is C17H22BrF3N2O4S. The Kier molecular flexibility index (Phi) is 6.42. The molecule has 158 valence electrons. The van der Waals surface area contributed by atoms with E-state index in [0.717, 1.165) is 16.4 Å². The Balaban J connectivity index is 2.23. The topological polar surface area (TPSA) is 66.9 Å². The number of benzene rings is 1. The molecule has 1 fully saturated rings. The Bertz CT molecular complexity index is 853. The van der Waals surface area contributed by atoms with Crippen LogP contribution in [0.1, 0.15) is 33.3 Å². The zero-order chi connectivity index (χ0) is 21.5. The van der Waals surface area contributed by atoms with Gasteiger partial charge in [0, 0.05) is 30.1 Å². The first kappa shape index (κ1) is 23.0. The van der Waals surface area contributed by atoms with E-state index in [1.165, 1.54) is 4.90 Å². The molecule has 1 atom stereocenters. The molecule has 1 aliphatic heterocycles. The van der Waals surface area contributed by atoms with Crippen LogP contribution in [-0.2, 0) is 20.9 Å². The van der Waals surface area contributed by atoms with Gasteiger partial charge in [-0.25, -0.2) is 13.2 Å². The molecule has 1 aromatic rings. The minimum absolute atomic E-state index is 0.0151. The van der Waals surface area contributed by atoms with Crippen molar-refractivity contribution >= 4 is 32.0 Å². The summed E-state index contributed by atoms with van der Waals surface area (Å²) in [6, 6.07) is 2.08. The van der Waals surface area contributed by atoms with Crippen LogP contribution in [0, 0.1) is 0 Å². The molecule has 28 heavy (non-hydrogen) atoms. The second-order valence-electron chi connectivity index (χ2n) is 7.56. The average Bonchev–Trinajstić information content (AvgIpc) is 2.51. The zero-order valence-corrected chi connectivity index (χ0v) is 18.3. The van der Waals surface area contributed by atoms with Crippen LogP contribution in [0.3, 0.4) is 0 Å². The smallest absolute Gasteiger partial charge is 0.416 e. The number of hydrogen-bond donors (Lipinski definition) is 0. The first-order chi connectivity index (χ1) is 12.6. The molecule has 1 saturated heterocycles. The van der Waals surface area contributed by atoms with Crippen LogP contribution in [-0.4, -0.2) is 55.0 Å². The summed E-state index contributed by atoms with van der Waals surface area (Å²) in [7, 11) is -4.16. The Labute approximate surface area is 170 Å². The minimum Gasteiger partial charge on any atom is -0.444 e. The van der Waals surface area contributed by atoms with Crippen molar-refractivity contribution in [1.82, 2.24) is 9.21 Å². The van der Waals surface area contributed by atoms with Crippen LogP contribution < -0.4 is 0 Å². The Morgan fingerprint density at radius 1 is 1.18 bits per heavy atom. The summed E-state index contributed by atoms with van der Waals surface area (Å²) in [4.78, 5) is 13.2. The molecule has 1 unspecified atom stereocenters. The van der Waals surface area contributed by atoms with E-state index in [1.54, 1.807) is 27.7 Å². The van der Waals surface area contributed by atoms with Crippen molar-refractivity contribution in [2.75, 3.05) is 19.6 Å². The Morgan fingerprint density at radius 3 is 2.29 bits per heavy atom. The highest BCUT2D eigenvalue weighted by Crippen LogP contribution is 2.34. The van der Waals surface area contributed by atoms with Crippen LogP contribution in [0.2, 0.25) is 0 Å². The lowest BCUT2D eigenvalue weighted by molar-refractivity contribution is -0.137. The van der Waals surface area contributed by atoms with E-state index < -0.39 is 44.4 Å². The van der Waals surface area contributed by atoms with Crippen molar-refractivity contribution in [3.8, 4) is 0 Å². The van der Waals surface area contributed by atoms with E-state index in [9.17, 15) is 26.4 Å². The van der Waals surface area contributed by atoms with Crippen molar-refractivity contribution in [1.29, 1.82) is 0 Å². The first-order valence-electron chi connectivity index (χ1n) is 8.49. The number of amides is 1. The molecule has 0 aromatic heterocycles. The molecule has 0 aliphatic carbocycles. The zero-order valence-electron chi connectivity index (χ0n) is 15.9. The predicted molar refractivity (Wildman–Crippen MR) is 100 cm³/mol. The number of carbonyl (C=O) groups is 1. The number of piperazine rings is 1. The number of halogens is 4. The predicted octanol–water partition coefficient (Wildman–Crippen LogP) is 4.10. The SMILES string of the molecule is CC1CN(S(=O)(=O)c2cc(Br)cc(C(F)(F)F)c2)CCN1C(=O)OC(C)(C)C. The maximum Gasteiger partial charge on any atom is 0.416 e. The fourth-order valence-corrected chi connectivity index (χ4v) is 4.99. The summed E-state index contributed by atoms with van der Waals surface area (Å²) < 4.78 is 71.2. The van der Waals surface area contributed by atoms with Crippen LogP contribution in [0.5, 0.6) is 0 Å². The Morgan fingerprint density at radius 2 is 1.79 bits per heavy atom. The molecule has 0 N–H and O–H groups in total. The summed E-state index contributed by atoms with van der Waals surface area (Å²) in [6.45, 7) is 6.82. The normalized spacial score (nSPS) is 19.6. The van der Waals surface area contributed by atoms with Crippen LogP contribution >= 0.6 is 15.9 Å². The molecule has 2 rings (SSSR count). The van der Waals surface area contributed by atoms with Crippen molar-refractivity contribution < 1.29 is 31.1 Å². The van der Waals surface area contributed by atoms with Gasteiger partial charge in [-0.05, 0) is 45.9 Å². The van der Waals surface area contributed by atoms with Crippen molar-refractivity contribution in [3.63, 3.8) is 0 Å². The second-order valence-corrected chi connectivity index (χ2v) is 10.4. The van der Waals surface area contributed by atoms with E-state index in [4.69, 9.17) is 4.74 Å². The number of nitrogens with zero attached hydrogens (tertiary/aromatic N) is 2.